The lowest BCUT2D eigenvalue weighted by Gasteiger charge is -2.12. The number of ether oxygens (including phenoxy) is 1. The molecular weight excluding hydrogens is 378 g/mol. The van der Waals surface area contributed by atoms with Crippen molar-refractivity contribution in [2.24, 2.45) is 0 Å². The van der Waals surface area contributed by atoms with E-state index in [0.717, 1.165) is 5.56 Å². The van der Waals surface area contributed by atoms with Crippen molar-refractivity contribution in [3.63, 3.8) is 0 Å². The van der Waals surface area contributed by atoms with Gasteiger partial charge in [0.1, 0.15) is 11.8 Å². The van der Waals surface area contributed by atoms with Crippen molar-refractivity contribution >= 4 is 34.8 Å². The number of nitrogens with one attached hydrogen (secondary N) is 2. The van der Waals surface area contributed by atoms with E-state index in [2.05, 4.69) is 20.6 Å². The lowest BCUT2D eigenvalue weighted by Crippen LogP contribution is -2.14. The monoisotopic (exact) mass is 393 g/mol. The minimum atomic E-state index is -0.408. The molecule has 0 saturated carbocycles. The van der Waals surface area contributed by atoms with Crippen LogP contribution in [0.2, 0.25) is 5.02 Å². The van der Waals surface area contributed by atoms with E-state index in [4.69, 9.17) is 21.6 Å². The first-order chi connectivity index (χ1) is 13.5. The second-order valence-corrected chi connectivity index (χ2v) is 6.24. The second kappa shape index (κ2) is 8.37. The van der Waals surface area contributed by atoms with Gasteiger partial charge in [-0.2, -0.15) is 5.26 Å². The van der Waals surface area contributed by atoms with Crippen LogP contribution in [0.5, 0.6) is 5.75 Å². The number of amides is 1. The summed E-state index contributed by atoms with van der Waals surface area (Å²) in [6, 6.07) is 12.3. The van der Waals surface area contributed by atoms with Gasteiger partial charge in [0, 0.05) is 23.5 Å². The molecule has 8 heteroatoms. The fourth-order valence-corrected chi connectivity index (χ4v) is 2.60. The summed E-state index contributed by atoms with van der Waals surface area (Å²) in [6.45, 7) is 1.88. The summed E-state index contributed by atoms with van der Waals surface area (Å²) in [5.74, 6) is 0.442. The molecule has 0 atom stereocenters. The molecule has 0 aliphatic heterocycles. The van der Waals surface area contributed by atoms with Crippen molar-refractivity contribution in [2.45, 2.75) is 6.92 Å². The predicted molar refractivity (Wildman–Crippen MR) is 107 cm³/mol. The van der Waals surface area contributed by atoms with E-state index in [9.17, 15) is 4.79 Å². The predicted octanol–water partition coefficient (Wildman–Crippen LogP) is 4.31. The number of aromatic nitrogens is 2. The van der Waals surface area contributed by atoms with E-state index < -0.39 is 5.91 Å². The minimum Gasteiger partial charge on any atom is -0.495 e. The number of rotatable bonds is 5. The highest BCUT2D eigenvalue weighted by Crippen LogP contribution is 2.32. The zero-order valence-electron chi connectivity index (χ0n) is 15.2. The topological polar surface area (TPSA) is 99.9 Å². The van der Waals surface area contributed by atoms with Crippen molar-refractivity contribution < 1.29 is 9.53 Å². The van der Waals surface area contributed by atoms with E-state index in [0.29, 0.717) is 33.7 Å². The van der Waals surface area contributed by atoms with Crippen molar-refractivity contribution in [1.82, 2.24) is 9.97 Å². The van der Waals surface area contributed by atoms with E-state index in [1.165, 1.54) is 12.4 Å². The molecule has 3 aromatic rings. The highest BCUT2D eigenvalue weighted by Gasteiger charge is 2.12. The molecule has 0 aliphatic carbocycles. The Labute approximate surface area is 167 Å². The molecule has 0 saturated heterocycles. The van der Waals surface area contributed by atoms with Crippen LogP contribution in [0.1, 0.15) is 21.5 Å². The smallest absolute Gasteiger partial charge is 0.258 e. The third-order valence-corrected chi connectivity index (χ3v) is 4.34. The molecule has 0 fully saturated rings. The van der Waals surface area contributed by atoms with Crippen LogP contribution in [0.4, 0.5) is 17.3 Å². The van der Waals surface area contributed by atoms with Crippen LogP contribution in [0, 0.1) is 18.3 Å². The zero-order valence-corrected chi connectivity index (χ0v) is 15.9. The third-order valence-electron chi connectivity index (χ3n) is 3.94. The molecule has 0 unspecified atom stereocenters. The number of carbonyl (C=O) groups is 1. The second-order valence-electron chi connectivity index (χ2n) is 5.83. The number of carbonyl (C=O) groups excluding carboxylic acids is 1. The van der Waals surface area contributed by atoms with Crippen LogP contribution in [-0.2, 0) is 0 Å². The molecule has 7 nitrogen and oxygen atoms in total. The number of halogens is 1. The van der Waals surface area contributed by atoms with Gasteiger partial charge in [-0.25, -0.2) is 9.97 Å². The Morgan fingerprint density at radius 1 is 1.18 bits per heavy atom. The summed E-state index contributed by atoms with van der Waals surface area (Å²) in [6.07, 6.45) is 2.80. The van der Waals surface area contributed by atoms with Crippen LogP contribution in [-0.4, -0.2) is 23.0 Å². The first-order valence-corrected chi connectivity index (χ1v) is 8.63. The Balaban J connectivity index is 1.76. The van der Waals surface area contributed by atoms with Crippen LogP contribution in [0.3, 0.4) is 0 Å². The average Bonchev–Trinajstić information content (AvgIpc) is 2.71. The van der Waals surface area contributed by atoms with Gasteiger partial charge in [0.25, 0.3) is 5.91 Å². The SMILES string of the molecule is COc1cc(Cl)c(C)cc1Nc1ncc(C(=O)Nc2ccccc2C#N)cn1. The first kappa shape index (κ1) is 19.1. The maximum absolute atomic E-state index is 12.4. The van der Waals surface area contributed by atoms with Gasteiger partial charge in [-0.05, 0) is 30.7 Å². The molecule has 140 valence electrons. The van der Waals surface area contributed by atoms with Gasteiger partial charge in [0.2, 0.25) is 5.95 Å². The van der Waals surface area contributed by atoms with Crippen LogP contribution in [0.25, 0.3) is 0 Å². The van der Waals surface area contributed by atoms with Crippen LogP contribution in [0.15, 0.2) is 48.8 Å². The fourth-order valence-electron chi connectivity index (χ4n) is 2.44. The number of methoxy groups -OCH3 is 1. The maximum Gasteiger partial charge on any atom is 0.258 e. The summed E-state index contributed by atoms with van der Waals surface area (Å²) >= 11 is 6.11. The molecule has 28 heavy (non-hydrogen) atoms. The van der Waals surface area contributed by atoms with Gasteiger partial charge in [-0.15, -0.1) is 0 Å². The number of nitrogens with zero attached hydrogens (tertiary/aromatic N) is 3. The molecule has 1 amide bonds. The quantitative estimate of drug-likeness (QED) is 0.669. The van der Waals surface area contributed by atoms with E-state index in [-0.39, 0.29) is 5.56 Å². The van der Waals surface area contributed by atoms with E-state index >= 15 is 0 Å². The Hall–Kier alpha value is -3.63. The van der Waals surface area contributed by atoms with Gasteiger partial charge in [-0.3, -0.25) is 4.79 Å². The molecule has 1 aromatic heterocycles. The summed E-state index contributed by atoms with van der Waals surface area (Å²) in [4.78, 5) is 20.7. The highest BCUT2D eigenvalue weighted by molar-refractivity contribution is 6.31. The van der Waals surface area contributed by atoms with Gasteiger partial charge in [0.05, 0.1) is 29.6 Å². The number of benzene rings is 2. The molecule has 0 bridgehead atoms. The summed E-state index contributed by atoms with van der Waals surface area (Å²) in [7, 11) is 1.54. The molecule has 0 spiro atoms. The van der Waals surface area contributed by atoms with Crippen molar-refractivity contribution in [2.75, 3.05) is 17.7 Å². The first-order valence-electron chi connectivity index (χ1n) is 8.25. The lowest BCUT2D eigenvalue weighted by atomic mass is 10.2. The number of aryl methyl sites for hydroxylation is 1. The van der Waals surface area contributed by atoms with Gasteiger partial charge < -0.3 is 15.4 Å². The number of para-hydroxylation sites is 1. The van der Waals surface area contributed by atoms with Crippen molar-refractivity contribution in [3.05, 3.63) is 70.5 Å². The molecule has 2 aromatic carbocycles. The van der Waals surface area contributed by atoms with Crippen molar-refractivity contribution in [3.8, 4) is 11.8 Å². The van der Waals surface area contributed by atoms with Gasteiger partial charge >= 0.3 is 0 Å². The Bertz CT molecular complexity index is 1060. The lowest BCUT2D eigenvalue weighted by molar-refractivity contribution is 0.102. The molecular formula is C20H16ClN5O2. The van der Waals surface area contributed by atoms with Crippen LogP contribution < -0.4 is 15.4 Å². The largest absolute Gasteiger partial charge is 0.495 e. The molecule has 2 N–H and O–H groups in total. The van der Waals surface area contributed by atoms with Gasteiger partial charge in [0.15, 0.2) is 0 Å². The standard InChI is InChI=1S/C20H16ClN5O2/c1-12-7-17(18(28-2)8-15(12)21)26-20-23-10-14(11-24-20)19(27)25-16-6-4-3-5-13(16)9-22/h3-8,10-11H,1-2H3,(H,25,27)(H,23,24,26). The Morgan fingerprint density at radius 3 is 2.57 bits per heavy atom. The Morgan fingerprint density at radius 2 is 1.89 bits per heavy atom. The summed E-state index contributed by atoms with van der Waals surface area (Å²) in [5, 5.41) is 15.4. The normalized spacial score (nSPS) is 10.1. The maximum atomic E-state index is 12.4. The summed E-state index contributed by atoms with van der Waals surface area (Å²) in [5.41, 5.74) is 2.60. The molecule has 0 aliphatic rings. The number of hydrogen-bond acceptors (Lipinski definition) is 6. The van der Waals surface area contributed by atoms with E-state index in [1.807, 2.05) is 19.1 Å². The number of hydrogen-bond donors (Lipinski definition) is 2. The molecule has 0 radical (unpaired) electrons. The van der Waals surface area contributed by atoms with Crippen LogP contribution >= 0.6 is 11.6 Å². The average molecular weight is 394 g/mol. The highest BCUT2D eigenvalue weighted by atomic mass is 35.5. The number of nitriles is 1. The molecule has 3 rings (SSSR count). The Kier molecular flexibility index (Phi) is 5.72. The number of anilines is 3. The zero-order chi connectivity index (χ0) is 20.1. The van der Waals surface area contributed by atoms with Gasteiger partial charge in [-0.1, -0.05) is 23.7 Å². The fraction of sp³-hybridized carbons (Fsp3) is 0.100. The summed E-state index contributed by atoms with van der Waals surface area (Å²) < 4.78 is 5.31. The minimum absolute atomic E-state index is 0.262. The molecule has 1 heterocycles. The van der Waals surface area contributed by atoms with Crippen molar-refractivity contribution in [1.29, 1.82) is 5.26 Å². The third kappa shape index (κ3) is 4.19. The van der Waals surface area contributed by atoms with E-state index in [1.54, 1.807) is 37.4 Å².